The summed E-state index contributed by atoms with van der Waals surface area (Å²) >= 11 is 12.2. The summed E-state index contributed by atoms with van der Waals surface area (Å²) in [5.74, 6) is 0.374. The van der Waals surface area contributed by atoms with Crippen LogP contribution >= 0.6 is 23.2 Å². The molecule has 1 heterocycles. The van der Waals surface area contributed by atoms with E-state index in [0.717, 1.165) is 17.4 Å². The van der Waals surface area contributed by atoms with Gasteiger partial charge in [0.2, 0.25) is 0 Å². The largest absolute Gasteiger partial charge is 0.497 e. The van der Waals surface area contributed by atoms with Gasteiger partial charge in [0, 0.05) is 24.9 Å². The minimum Gasteiger partial charge on any atom is -0.497 e. The third kappa shape index (κ3) is 3.12. The molecule has 130 valence electrons. The number of aldehydes is 1. The summed E-state index contributed by atoms with van der Waals surface area (Å²) in [5.41, 5.74) is 2.34. The number of methoxy groups -OCH3 is 1. The number of amides is 1. The second-order valence-corrected chi connectivity index (χ2v) is 6.81. The molecule has 0 saturated heterocycles. The molecule has 0 aliphatic carbocycles. The molecule has 2 atom stereocenters. The van der Waals surface area contributed by atoms with Crippen molar-refractivity contribution < 1.29 is 14.3 Å². The van der Waals surface area contributed by atoms with Crippen molar-refractivity contribution in [3.63, 3.8) is 0 Å². The van der Waals surface area contributed by atoms with Crippen LogP contribution in [0.1, 0.15) is 39.9 Å². The lowest BCUT2D eigenvalue weighted by Gasteiger charge is -2.29. The molecular weight excluding hydrogens is 361 g/mol. The van der Waals surface area contributed by atoms with Crippen molar-refractivity contribution in [2.24, 2.45) is 0 Å². The maximum Gasteiger partial charge on any atom is 0.254 e. The molecule has 0 spiro atoms. The summed E-state index contributed by atoms with van der Waals surface area (Å²) in [6.07, 6.45) is 1.13. The molecule has 25 heavy (non-hydrogen) atoms. The van der Waals surface area contributed by atoms with Gasteiger partial charge < -0.3 is 14.4 Å². The Morgan fingerprint density at radius 3 is 2.60 bits per heavy atom. The van der Waals surface area contributed by atoms with Crippen LogP contribution in [0.2, 0.25) is 10.0 Å². The zero-order valence-electron chi connectivity index (χ0n) is 13.8. The molecular formula is C19H17Cl2NO3. The summed E-state index contributed by atoms with van der Waals surface area (Å²) in [6, 6.07) is 10.4. The van der Waals surface area contributed by atoms with Crippen molar-refractivity contribution in [3.05, 3.63) is 63.1 Å². The Kier molecular flexibility index (Phi) is 5.02. The van der Waals surface area contributed by atoms with Crippen molar-refractivity contribution in [1.82, 2.24) is 4.90 Å². The average molecular weight is 378 g/mol. The number of likely N-dealkylation sites (N-methyl/N-ethyl adjacent to an activating group) is 1. The molecule has 0 N–H and O–H groups in total. The van der Waals surface area contributed by atoms with Crippen molar-refractivity contribution >= 4 is 35.4 Å². The smallest absolute Gasteiger partial charge is 0.254 e. The van der Waals surface area contributed by atoms with Crippen LogP contribution in [-0.2, 0) is 4.79 Å². The van der Waals surface area contributed by atoms with Gasteiger partial charge in [-0.25, -0.2) is 0 Å². The van der Waals surface area contributed by atoms with Crippen LogP contribution in [0.15, 0.2) is 36.4 Å². The number of benzene rings is 2. The van der Waals surface area contributed by atoms with E-state index in [-0.39, 0.29) is 24.3 Å². The van der Waals surface area contributed by atoms with E-state index in [1.807, 2.05) is 12.1 Å². The molecule has 6 heteroatoms. The van der Waals surface area contributed by atoms with Crippen LogP contribution in [0.25, 0.3) is 0 Å². The molecule has 3 rings (SSSR count). The van der Waals surface area contributed by atoms with E-state index in [4.69, 9.17) is 27.9 Å². The van der Waals surface area contributed by atoms with Crippen LogP contribution in [0.3, 0.4) is 0 Å². The monoisotopic (exact) mass is 377 g/mol. The molecule has 0 saturated carbocycles. The fourth-order valence-corrected chi connectivity index (χ4v) is 3.72. The molecule has 4 nitrogen and oxygen atoms in total. The third-order valence-electron chi connectivity index (χ3n) is 4.65. The predicted molar refractivity (Wildman–Crippen MR) is 97.7 cm³/mol. The minimum atomic E-state index is -0.278. The number of ether oxygens (including phenoxy) is 1. The van der Waals surface area contributed by atoms with Gasteiger partial charge in [0.25, 0.3) is 5.91 Å². The maximum atomic E-state index is 12.6. The molecule has 1 aliphatic heterocycles. The Morgan fingerprint density at radius 1 is 1.20 bits per heavy atom. The van der Waals surface area contributed by atoms with Crippen LogP contribution in [-0.4, -0.2) is 31.3 Å². The van der Waals surface area contributed by atoms with Gasteiger partial charge in [-0.05, 0) is 41.5 Å². The Bertz CT molecular complexity index is 837. The standard InChI is InChI=1S/C19H17Cl2NO3/c1-22-18(15-10-12(25-2)4-5-14(15)19(22)24)13(7-8-23)11-3-6-16(20)17(21)9-11/h3-6,8-10,13,18H,7H2,1-2H3. The van der Waals surface area contributed by atoms with Crippen LogP contribution in [0.5, 0.6) is 5.75 Å². The van der Waals surface area contributed by atoms with E-state index in [1.54, 1.807) is 43.3 Å². The van der Waals surface area contributed by atoms with Gasteiger partial charge in [0.15, 0.2) is 0 Å². The zero-order valence-corrected chi connectivity index (χ0v) is 15.3. The normalized spacial score (nSPS) is 17.4. The lowest BCUT2D eigenvalue weighted by Crippen LogP contribution is -2.28. The topological polar surface area (TPSA) is 46.6 Å². The summed E-state index contributed by atoms with van der Waals surface area (Å²) < 4.78 is 5.30. The molecule has 1 aliphatic rings. The molecule has 2 aromatic rings. The van der Waals surface area contributed by atoms with Gasteiger partial charge >= 0.3 is 0 Å². The van der Waals surface area contributed by atoms with Gasteiger partial charge in [-0.2, -0.15) is 0 Å². The number of nitrogens with zero attached hydrogens (tertiary/aromatic N) is 1. The number of fused-ring (bicyclic) bond motifs is 1. The Balaban J connectivity index is 2.12. The predicted octanol–water partition coefficient (Wildman–Crippen LogP) is 4.50. The quantitative estimate of drug-likeness (QED) is 0.720. The maximum absolute atomic E-state index is 12.6. The summed E-state index contributed by atoms with van der Waals surface area (Å²) in [4.78, 5) is 25.6. The second-order valence-electron chi connectivity index (χ2n) is 6.00. The number of halogens is 2. The SMILES string of the molecule is COc1ccc2c(c1)C(C(CC=O)c1ccc(Cl)c(Cl)c1)N(C)C2=O. The van der Waals surface area contributed by atoms with Gasteiger partial charge in [-0.15, -0.1) is 0 Å². The van der Waals surface area contributed by atoms with Crippen LogP contribution in [0, 0.1) is 0 Å². The molecule has 0 bridgehead atoms. The number of hydrogen-bond acceptors (Lipinski definition) is 3. The number of carbonyl (C=O) groups excluding carboxylic acids is 2. The Labute approximate surface area is 156 Å². The molecule has 1 amide bonds. The van der Waals surface area contributed by atoms with Crippen LogP contribution in [0.4, 0.5) is 0 Å². The molecule has 0 radical (unpaired) electrons. The average Bonchev–Trinajstić information content (AvgIpc) is 2.86. The van der Waals surface area contributed by atoms with E-state index in [9.17, 15) is 9.59 Å². The third-order valence-corrected chi connectivity index (χ3v) is 5.39. The van der Waals surface area contributed by atoms with Crippen molar-refractivity contribution in [1.29, 1.82) is 0 Å². The molecule has 0 aromatic heterocycles. The Hall–Kier alpha value is -2.04. The lowest BCUT2D eigenvalue weighted by atomic mass is 9.85. The van der Waals surface area contributed by atoms with Crippen molar-refractivity contribution in [2.75, 3.05) is 14.2 Å². The first-order valence-electron chi connectivity index (χ1n) is 7.81. The Morgan fingerprint density at radius 2 is 1.96 bits per heavy atom. The molecule has 0 fully saturated rings. The number of carbonyl (C=O) groups is 2. The van der Waals surface area contributed by atoms with E-state index in [0.29, 0.717) is 21.4 Å². The van der Waals surface area contributed by atoms with E-state index in [1.165, 1.54) is 0 Å². The number of hydrogen-bond donors (Lipinski definition) is 0. The molecule has 2 aromatic carbocycles. The fourth-order valence-electron chi connectivity index (χ4n) is 3.41. The van der Waals surface area contributed by atoms with Crippen molar-refractivity contribution in [2.45, 2.75) is 18.4 Å². The summed E-state index contributed by atoms with van der Waals surface area (Å²) in [6.45, 7) is 0. The first-order chi connectivity index (χ1) is 12.0. The van der Waals surface area contributed by atoms with Crippen LogP contribution < -0.4 is 4.74 Å². The summed E-state index contributed by atoms with van der Waals surface area (Å²) in [5, 5.41) is 0.876. The second kappa shape index (κ2) is 7.06. The first kappa shape index (κ1) is 17.8. The first-order valence-corrected chi connectivity index (χ1v) is 8.57. The highest BCUT2D eigenvalue weighted by Gasteiger charge is 2.40. The van der Waals surface area contributed by atoms with Crippen molar-refractivity contribution in [3.8, 4) is 5.75 Å². The number of rotatable bonds is 5. The van der Waals surface area contributed by atoms with Gasteiger partial charge in [-0.1, -0.05) is 29.3 Å². The van der Waals surface area contributed by atoms with Gasteiger partial charge in [0.1, 0.15) is 12.0 Å². The summed E-state index contributed by atoms with van der Waals surface area (Å²) in [7, 11) is 3.33. The van der Waals surface area contributed by atoms with E-state index in [2.05, 4.69) is 0 Å². The highest BCUT2D eigenvalue weighted by molar-refractivity contribution is 6.42. The fraction of sp³-hybridized carbons (Fsp3) is 0.263. The highest BCUT2D eigenvalue weighted by Crippen LogP contribution is 2.45. The highest BCUT2D eigenvalue weighted by atomic mass is 35.5. The van der Waals surface area contributed by atoms with Gasteiger partial charge in [0.05, 0.1) is 23.2 Å². The zero-order chi connectivity index (χ0) is 18.1. The molecule has 2 unspecified atom stereocenters. The van der Waals surface area contributed by atoms with Gasteiger partial charge in [-0.3, -0.25) is 4.79 Å². The van der Waals surface area contributed by atoms with E-state index >= 15 is 0 Å². The van der Waals surface area contributed by atoms with E-state index < -0.39 is 0 Å². The lowest BCUT2D eigenvalue weighted by molar-refractivity contribution is -0.108. The minimum absolute atomic E-state index is 0.0707.